The van der Waals surface area contributed by atoms with E-state index in [1.807, 2.05) is 13.0 Å². The molecular weight excluding hydrogens is 393 g/mol. The number of carbonyl (C=O) groups excluding carboxylic acids is 1. The first-order valence-electron chi connectivity index (χ1n) is 9.53. The van der Waals surface area contributed by atoms with Crippen molar-refractivity contribution in [1.82, 2.24) is 0 Å². The molecule has 0 bridgehead atoms. The monoisotopic (exact) mass is 423 g/mol. The van der Waals surface area contributed by atoms with Gasteiger partial charge in [0.05, 0.1) is 16.0 Å². The van der Waals surface area contributed by atoms with E-state index in [1.165, 1.54) is 0 Å². The fourth-order valence-corrected chi connectivity index (χ4v) is 2.86. The highest BCUT2D eigenvalue weighted by Crippen LogP contribution is 2.30. The van der Waals surface area contributed by atoms with Crippen LogP contribution in [0.3, 0.4) is 0 Å². The fourth-order valence-electron chi connectivity index (χ4n) is 2.56. The molecule has 1 atom stereocenters. The van der Waals surface area contributed by atoms with Gasteiger partial charge in [-0.15, -0.1) is 0 Å². The van der Waals surface area contributed by atoms with Gasteiger partial charge in [0.25, 0.3) is 0 Å². The normalized spacial score (nSPS) is 11.6. The van der Waals surface area contributed by atoms with E-state index in [2.05, 4.69) is 26.1 Å². The second kappa shape index (κ2) is 11.9. The Labute approximate surface area is 178 Å². The standard InChI is InChI=1S/C18H21Cl2N3O.C4H10/c1-2-3-14(11-4-6-15(19)16(20)9-11)18(24)23-13-5-7-17(22)12(8-13)10-21;1-4(2)3/h4-9,14H,2-3,10,21-22H2,1H3,(H,23,24);4H,1-3H3. The van der Waals surface area contributed by atoms with Crippen molar-refractivity contribution in [1.29, 1.82) is 0 Å². The topological polar surface area (TPSA) is 81.1 Å². The van der Waals surface area contributed by atoms with Gasteiger partial charge in [-0.2, -0.15) is 0 Å². The first-order chi connectivity index (χ1) is 13.2. The molecule has 4 nitrogen and oxygen atoms in total. The van der Waals surface area contributed by atoms with Gasteiger partial charge in [-0.05, 0) is 53.8 Å². The summed E-state index contributed by atoms with van der Waals surface area (Å²) in [5.41, 5.74) is 14.4. The highest BCUT2D eigenvalue weighted by molar-refractivity contribution is 6.42. The smallest absolute Gasteiger partial charge is 0.231 e. The molecule has 0 heterocycles. The molecule has 1 unspecified atom stereocenters. The molecule has 0 aliphatic carbocycles. The number of rotatable bonds is 6. The van der Waals surface area contributed by atoms with Crippen LogP contribution in [-0.4, -0.2) is 5.91 Å². The highest BCUT2D eigenvalue weighted by atomic mass is 35.5. The Morgan fingerprint density at radius 2 is 1.71 bits per heavy atom. The van der Waals surface area contributed by atoms with Gasteiger partial charge in [-0.25, -0.2) is 0 Å². The minimum atomic E-state index is -0.302. The lowest BCUT2D eigenvalue weighted by Crippen LogP contribution is -2.21. The van der Waals surface area contributed by atoms with Gasteiger partial charge in [-0.3, -0.25) is 4.79 Å². The van der Waals surface area contributed by atoms with E-state index in [1.54, 1.807) is 30.3 Å². The Morgan fingerprint density at radius 1 is 1.07 bits per heavy atom. The van der Waals surface area contributed by atoms with Gasteiger partial charge in [0, 0.05) is 17.9 Å². The Balaban J connectivity index is 0.000000892. The molecule has 0 radical (unpaired) electrons. The molecule has 0 aliphatic rings. The average Bonchev–Trinajstić information content (AvgIpc) is 2.63. The summed E-state index contributed by atoms with van der Waals surface area (Å²) >= 11 is 12.1. The van der Waals surface area contributed by atoms with Crippen LogP contribution in [-0.2, 0) is 11.3 Å². The van der Waals surface area contributed by atoms with Gasteiger partial charge in [0.1, 0.15) is 0 Å². The number of halogens is 2. The molecule has 0 fully saturated rings. The van der Waals surface area contributed by atoms with E-state index >= 15 is 0 Å². The third kappa shape index (κ3) is 7.70. The molecule has 28 heavy (non-hydrogen) atoms. The number of benzene rings is 2. The zero-order valence-corrected chi connectivity index (χ0v) is 18.6. The number of nitrogens with one attached hydrogen (secondary N) is 1. The number of nitrogens with two attached hydrogens (primary N) is 2. The number of hydrogen-bond acceptors (Lipinski definition) is 3. The van der Waals surface area contributed by atoms with Crippen molar-refractivity contribution in [3.8, 4) is 0 Å². The lowest BCUT2D eigenvalue weighted by molar-refractivity contribution is -0.117. The van der Waals surface area contributed by atoms with Crippen LogP contribution in [0, 0.1) is 5.92 Å². The second-order valence-electron chi connectivity index (χ2n) is 7.35. The van der Waals surface area contributed by atoms with Crippen LogP contribution >= 0.6 is 23.2 Å². The number of carbonyl (C=O) groups is 1. The minimum absolute atomic E-state index is 0.0945. The summed E-state index contributed by atoms with van der Waals surface area (Å²) in [5.74, 6) is 0.437. The molecular formula is C22H31Cl2N3O. The summed E-state index contributed by atoms with van der Waals surface area (Å²) in [7, 11) is 0. The molecule has 2 aromatic carbocycles. The van der Waals surface area contributed by atoms with Crippen molar-refractivity contribution in [3.63, 3.8) is 0 Å². The Hall–Kier alpha value is -1.75. The fraction of sp³-hybridized carbons (Fsp3) is 0.409. The lowest BCUT2D eigenvalue weighted by atomic mass is 9.93. The second-order valence-corrected chi connectivity index (χ2v) is 8.17. The largest absolute Gasteiger partial charge is 0.398 e. The molecule has 154 valence electrons. The van der Waals surface area contributed by atoms with Crippen LogP contribution in [0.25, 0.3) is 0 Å². The molecule has 2 aromatic rings. The van der Waals surface area contributed by atoms with E-state index in [-0.39, 0.29) is 11.8 Å². The summed E-state index contributed by atoms with van der Waals surface area (Å²) in [6, 6.07) is 10.6. The average molecular weight is 424 g/mol. The Kier molecular flexibility index (Phi) is 10.4. The van der Waals surface area contributed by atoms with E-state index < -0.39 is 0 Å². The maximum absolute atomic E-state index is 12.7. The summed E-state index contributed by atoms with van der Waals surface area (Å²) in [4.78, 5) is 12.7. The molecule has 5 N–H and O–H groups in total. The zero-order valence-electron chi connectivity index (χ0n) is 17.1. The van der Waals surface area contributed by atoms with Crippen molar-refractivity contribution in [2.45, 2.75) is 53.0 Å². The first kappa shape index (κ1) is 24.3. The summed E-state index contributed by atoms with van der Waals surface area (Å²) in [5, 5.41) is 3.85. The third-order valence-electron chi connectivity index (χ3n) is 3.87. The van der Waals surface area contributed by atoms with Gasteiger partial charge >= 0.3 is 0 Å². The number of amides is 1. The SMILES string of the molecule is CC(C)C.CCCC(C(=O)Nc1ccc(N)c(CN)c1)c1ccc(Cl)c(Cl)c1. The Morgan fingerprint density at radius 3 is 2.25 bits per heavy atom. The molecule has 6 heteroatoms. The van der Waals surface area contributed by atoms with E-state index in [9.17, 15) is 4.79 Å². The number of nitrogen functional groups attached to an aromatic ring is 1. The molecule has 0 aromatic heterocycles. The van der Waals surface area contributed by atoms with Crippen molar-refractivity contribution >= 4 is 40.5 Å². The van der Waals surface area contributed by atoms with Crippen molar-refractivity contribution in [2.75, 3.05) is 11.1 Å². The first-order valence-corrected chi connectivity index (χ1v) is 10.3. The molecule has 0 saturated heterocycles. The van der Waals surface area contributed by atoms with Crippen LogP contribution in [0.1, 0.15) is 57.6 Å². The van der Waals surface area contributed by atoms with E-state index in [0.717, 1.165) is 23.5 Å². The lowest BCUT2D eigenvalue weighted by Gasteiger charge is -2.18. The predicted molar refractivity (Wildman–Crippen MR) is 122 cm³/mol. The molecule has 0 spiro atoms. The van der Waals surface area contributed by atoms with E-state index in [0.29, 0.717) is 34.4 Å². The molecule has 0 saturated carbocycles. The van der Waals surface area contributed by atoms with Crippen LogP contribution in [0.5, 0.6) is 0 Å². The highest BCUT2D eigenvalue weighted by Gasteiger charge is 2.21. The number of hydrogen-bond donors (Lipinski definition) is 3. The molecule has 2 rings (SSSR count). The maximum atomic E-state index is 12.7. The van der Waals surface area contributed by atoms with Crippen LogP contribution in [0.4, 0.5) is 11.4 Å². The van der Waals surface area contributed by atoms with E-state index in [4.69, 9.17) is 34.7 Å². The van der Waals surface area contributed by atoms with Crippen LogP contribution < -0.4 is 16.8 Å². The van der Waals surface area contributed by atoms with Gasteiger partial charge < -0.3 is 16.8 Å². The third-order valence-corrected chi connectivity index (χ3v) is 4.61. The minimum Gasteiger partial charge on any atom is -0.398 e. The number of anilines is 2. The summed E-state index contributed by atoms with van der Waals surface area (Å²) in [6.45, 7) is 8.86. The van der Waals surface area contributed by atoms with Crippen molar-refractivity contribution in [3.05, 3.63) is 57.6 Å². The quantitative estimate of drug-likeness (QED) is 0.482. The van der Waals surface area contributed by atoms with Gasteiger partial charge in [0.2, 0.25) is 5.91 Å². The van der Waals surface area contributed by atoms with Gasteiger partial charge in [0.15, 0.2) is 0 Å². The van der Waals surface area contributed by atoms with Crippen molar-refractivity contribution < 1.29 is 4.79 Å². The predicted octanol–water partition coefficient (Wildman–Crippen LogP) is 6.22. The Bertz CT molecular complexity index is 776. The van der Waals surface area contributed by atoms with Gasteiger partial charge in [-0.1, -0.05) is 63.4 Å². The molecule has 0 aliphatic heterocycles. The summed E-state index contributed by atoms with van der Waals surface area (Å²) < 4.78 is 0. The summed E-state index contributed by atoms with van der Waals surface area (Å²) in [6.07, 6.45) is 1.58. The van der Waals surface area contributed by atoms with Crippen LogP contribution in [0.15, 0.2) is 36.4 Å². The maximum Gasteiger partial charge on any atom is 0.231 e. The molecule has 1 amide bonds. The zero-order chi connectivity index (χ0) is 21.3. The van der Waals surface area contributed by atoms with Crippen molar-refractivity contribution in [2.24, 2.45) is 11.7 Å². The van der Waals surface area contributed by atoms with Crippen LogP contribution in [0.2, 0.25) is 10.0 Å².